The van der Waals surface area contributed by atoms with Crippen LogP contribution in [0.2, 0.25) is 0 Å². The smallest absolute Gasteiger partial charge is 0.129 e. The first kappa shape index (κ1) is 12.2. The van der Waals surface area contributed by atoms with E-state index < -0.39 is 0 Å². The fourth-order valence-electron chi connectivity index (χ4n) is 2.01. The van der Waals surface area contributed by atoms with Gasteiger partial charge in [0.15, 0.2) is 0 Å². The molecule has 0 saturated heterocycles. The quantitative estimate of drug-likeness (QED) is 0.805. The average molecular weight is 254 g/mol. The molecule has 1 aliphatic rings. The van der Waals surface area contributed by atoms with Crippen LogP contribution in [0.4, 0.5) is 0 Å². The third kappa shape index (κ3) is 3.12. The fraction of sp³-hybridized carbons (Fsp3) is 0.312. The Kier molecular flexibility index (Phi) is 3.47. The van der Waals surface area contributed by atoms with Crippen LogP contribution in [0.3, 0.4) is 0 Å². The molecular formula is C16H18N2O. The van der Waals surface area contributed by atoms with Gasteiger partial charge in [-0.25, -0.2) is 0 Å². The van der Waals surface area contributed by atoms with E-state index in [1.807, 2.05) is 30.3 Å². The number of rotatable bonds is 6. The predicted octanol–water partition coefficient (Wildman–Crippen LogP) is 2.92. The highest BCUT2D eigenvalue weighted by Gasteiger charge is 2.20. The van der Waals surface area contributed by atoms with E-state index in [0.29, 0.717) is 12.6 Å². The van der Waals surface area contributed by atoms with Gasteiger partial charge in [-0.05, 0) is 42.7 Å². The minimum absolute atomic E-state index is 0.549. The molecule has 1 aromatic heterocycles. The van der Waals surface area contributed by atoms with Crippen molar-refractivity contribution in [3.05, 3.63) is 48.7 Å². The molecule has 0 unspecified atom stereocenters. The van der Waals surface area contributed by atoms with Gasteiger partial charge in [0, 0.05) is 24.2 Å². The van der Waals surface area contributed by atoms with Crippen LogP contribution in [0.25, 0.3) is 10.9 Å². The Labute approximate surface area is 113 Å². The molecule has 0 bridgehead atoms. The van der Waals surface area contributed by atoms with E-state index >= 15 is 0 Å². The zero-order valence-electron chi connectivity index (χ0n) is 10.9. The molecule has 1 aromatic carbocycles. The van der Waals surface area contributed by atoms with Crippen molar-refractivity contribution >= 4 is 10.9 Å². The molecule has 1 saturated carbocycles. The molecule has 0 spiro atoms. The van der Waals surface area contributed by atoms with Gasteiger partial charge in [0.1, 0.15) is 12.4 Å². The zero-order valence-corrected chi connectivity index (χ0v) is 10.9. The number of aromatic nitrogens is 1. The first-order valence-electron chi connectivity index (χ1n) is 6.69. The van der Waals surface area contributed by atoms with Crippen LogP contribution in [0.15, 0.2) is 48.7 Å². The van der Waals surface area contributed by atoms with Gasteiger partial charge in [0.05, 0.1) is 5.52 Å². The molecule has 19 heavy (non-hydrogen) atoms. The van der Waals surface area contributed by atoms with E-state index in [1.165, 1.54) is 12.8 Å². The van der Waals surface area contributed by atoms with Crippen LogP contribution in [0.1, 0.15) is 12.8 Å². The number of hydrogen-bond acceptors (Lipinski definition) is 3. The molecule has 2 aromatic rings. The zero-order chi connectivity index (χ0) is 13.1. The van der Waals surface area contributed by atoms with E-state index in [0.717, 1.165) is 28.8 Å². The van der Waals surface area contributed by atoms with Gasteiger partial charge in [-0.3, -0.25) is 4.98 Å². The molecule has 0 radical (unpaired) electrons. The fourth-order valence-corrected chi connectivity index (χ4v) is 2.01. The van der Waals surface area contributed by atoms with Crippen molar-refractivity contribution in [1.82, 2.24) is 10.3 Å². The predicted molar refractivity (Wildman–Crippen MR) is 77.4 cm³/mol. The maximum atomic E-state index is 5.85. The van der Waals surface area contributed by atoms with Crippen molar-refractivity contribution in [3.63, 3.8) is 0 Å². The van der Waals surface area contributed by atoms with Crippen LogP contribution in [-0.2, 0) is 0 Å². The molecule has 3 rings (SSSR count). The third-order valence-electron chi connectivity index (χ3n) is 3.26. The Balaban J connectivity index is 1.62. The second-order valence-corrected chi connectivity index (χ2v) is 5.02. The Hall–Kier alpha value is -1.87. The minimum atomic E-state index is 0.549. The summed E-state index contributed by atoms with van der Waals surface area (Å²) >= 11 is 0. The van der Waals surface area contributed by atoms with Gasteiger partial charge in [-0.1, -0.05) is 12.6 Å². The van der Waals surface area contributed by atoms with Gasteiger partial charge in [-0.15, -0.1) is 0 Å². The number of benzene rings is 1. The lowest BCUT2D eigenvalue weighted by molar-refractivity contribution is 0.352. The largest absolute Gasteiger partial charge is 0.489 e. The van der Waals surface area contributed by atoms with Crippen molar-refractivity contribution in [3.8, 4) is 5.75 Å². The standard InChI is InChI=1S/C16H18N2O/c1-12(10-18-13-7-8-13)11-19-16-6-2-5-15-14(16)4-3-9-17-15/h2-6,9,13,18H,1,7-8,10-11H2. The number of fused-ring (bicyclic) bond motifs is 1. The van der Waals surface area contributed by atoms with Gasteiger partial charge in [0.2, 0.25) is 0 Å². The summed E-state index contributed by atoms with van der Waals surface area (Å²) in [6.07, 6.45) is 4.39. The van der Waals surface area contributed by atoms with Crippen LogP contribution in [0, 0.1) is 0 Å². The topological polar surface area (TPSA) is 34.1 Å². The summed E-state index contributed by atoms with van der Waals surface area (Å²) in [5, 5.41) is 4.49. The molecule has 3 nitrogen and oxygen atoms in total. The first-order chi connectivity index (χ1) is 9.33. The maximum absolute atomic E-state index is 5.85. The maximum Gasteiger partial charge on any atom is 0.129 e. The van der Waals surface area contributed by atoms with Crippen LogP contribution in [0.5, 0.6) is 5.75 Å². The number of pyridine rings is 1. The Bertz CT molecular complexity index is 585. The van der Waals surface area contributed by atoms with Crippen molar-refractivity contribution in [2.45, 2.75) is 18.9 Å². The van der Waals surface area contributed by atoms with E-state index in [2.05, 4.69) is 16.9 Å². The van der Waals surface area contributed by atoms with Crippen molar-refractivity contribution in [2.75, 3.05) is 13.2 Å². The van der Waals surface area contributed by atoms with Crippen molar-refractivity contribution in [1.29, 1.82) is 0 Å². The van der Waals surface area contributed by atoms with Crippen LogP contribution >= 0.6 is 0 Å². The van der Waals surface area contributed by atoms with Gasteiger partial charge in [-0.2, -0.15) is 0 Å². The second kappa shape index (κ2) is 5.41. The molecule has 0 atom stereocenters. The average Bonchev–Trinajstić information content (AvgIpc) is 3.27. The summed E-state index contributed by atoms with van der Waals surface area (Å²) in [7, 11) is 0. The van der Waals surface area contributed by atoms with E-state index in [4.69, 9.17) is 4.74 Å². The van der Waals surface area contributed by atoms with E-state index in [1.54, 1.807) is 6.20 Å². The summed E-state index contributed by atoms with van der Waals surface area (Å²) in [4.78, 5) is 4.32. The number of ether oxygens (including phenoxy) is 1. The summed E-state index contributed by atoms with van der Waals surface area (Å²) in [6, 6.07) is 10.6. The van der Waals surface area contributed by atoms with E-state index in [9.17, 15) is 0 Å². The minimum Gasteiger partial charge on any atom is -0.489 e. The number of nitrogens with one attached hydrogen (secondary N) is 1. The third-order valence-corrected chi connectivity index (χ3v) is 3.26. The molecule has 1 aliphatic carbocycles. The molecular weight excluding hydrogens is 236 g/mol. The number of hydrogen-bond donors (Lipinski definition) is 1. The molecule has 1 heterocycles. The SMILES string of the molecule is C=C(CNC1CC1)COc1cccc2ncccc12. The highest BCUT2D eigenvalue weighted by molar-refractivity contribution is 5.84. The number of nitrogens with zero attached hydrogens (tertiary/aromatic N) is 1. The van der Waals surface area contributed by atoms with Gasteiger partial charge in [0.25, 0.3) is 0 Å². The van der Waals surface area contributed by atoms with Crippen LogP contribution < -0.4 is 10.1 Å². The Morgan fingerprint density at radius 3 is 3.05 bits per heavy atom. The Morgan fingerprint density at radius 1 is 1.32 bits per heavy atom. The lowest BCUT2D eigenvalue weighted by Crippen LogP contribution is -2.21. The van der Waals surface area contributed by atoms with Crippen molar-refractivity contribution < 1.29 is 4.74 Å². The summed E-state index contributed by atoms with van der Waals surface area (Å²) in [5.41, 5.74) is 2.04. The van der Waals surface area contributed by atoms with Gasteiger partial charge >= 0.3 is 0 Å². The molecule has 0 aliphatic heterocycles. The summed E-state index contributed by atoms with van der Waals surface area (Å²) < 4.78 is 5.85. The molecule has 1 N–H and O–H groups in total. The van der Waals surface area contributed by atoms with Crippen molar-refractivity contribution in [2.24, 2.45) is 0 Å². The lowest BCUT2D eigenvalue weighted by atomic mass is 10.2. The normalized spacial score (nSPS) is 14.5. The molecule has 98 valence electrons. The monoisotopic (exact) mass is 254 g/mol. The second-order valence-electron chi connectivity index (χ2n) is 5.02. The molecule has 1 fully saturated rings. The summed E-state index contributed by atoms with van der Waals surface area (Å²) in [6.45, 7) is 5.44. The summed E-state index contributed by atoms with van der Waals surface area (Å²) in [5.74, 6) is 0.873. The highest BCUT2D eigenvalue weighted by atomic mass is 16.5. The van der Waals surface area contributed by atoms with Gasteiger partial charge < -0.3 is 10.1 Å². The van der Waals surface area contributed by atoms with Crippen LogP contribution in [-0.4, -0.2) is 24.2 Å². The molecule has 3 heteroatoms. The van der Waals surface area contributed by atoms with E-state index in [-0.39, 0.29) is 0 Å². The highest BCUT2D eigenvalue weighted by Crippen LogP contribution is 2.24. The first-order valence-corrected chi connectivity index (χ1v) is 6.69. The Morgan fingerprint density at radius 2 is 2.21 bits per heavy atom. The lowest BCUT2D eigenvalue weighted by Gasteiger charge is -2.11. The molecule has 0 amide bonds.